The number of aromatic nitrogens is 1. The molecule has 1 saturated carbocycles. The van der Waals surface area contributed by atoms with Gasteiger partial charge in [0.05, 0.1) is 22.2 Å². The topological polar surface area (TPSA) is 132 Å². The zero-order valence-electron chi connectivity index (χ0n) is 21.4. The summed E-state index contributed by atoms with van der Waals surface area (Å²) in [6.07, 6.45) is -0.642. The number of nitrogens with one attached hydrogen (secondary N) is 2. The highest BCUT2D eigenvalue weighted by Gasteiger charge is 2.53. The van der Waals surface area contributed by atoms with E-state index in [9.17, 15) is 29.0 Å². The second-order valence-electron chi connectivity index (χ2n) is 11.0. The average Bonchev–Trinajstić information content (AvgIpc) is 3.23. The molecule has 0 radical (unpaired) electrons. The molecule has 2 fully saturated rings. The number of likely N-dealkylation sites (tertiary alicyclic amines) is 1. The maximum absolute atomic E-state index is 14.3. The van der Waals surface area contributed by atoms with Gasteiger partial charge in [0.1, 0.15) is 17.8 Å². The first-order chi connectivity index (χ1) is 17.3. The molecule has 11 heteroatoms. The quantitative estimate of drug-likeness (QED) is 0.433. The van der Waals surface area contributed by atoms with Crippen LogP contribution in [0, 0.1) is 12.3 Å². The third kappa shape index (κ3) is 5.77. The van der Waals surface area contributed by atoms with Crippen LogP contribution in [0.1, 0.15) is 51.3 Å². The Morgan fingerprint density at radius 3 is 2.57 bits per heavy atom. The number of phenolic OH excluding ortho intramolecular Hbond substituents is 1. The number of carbonyl (C=O) groups excluding carboxylic acids is 3. The van der Waals surface area contributed by atoms with Crippen molar-refractivity contribution < 1.29 is 29.0 Å². The number of amides is 3. The number of hydrogen-bond acceptors (Lipinski definition) is 7. The summed E-state index contributed by atoms with van der Waals surface area (Å²) in [7, 11) is 0. The number of hydrogen-bond donors (Lipinski definition) is 4. The number of aromatic hydroxyl groups is 1. The van der Waals surface area contributed by atoms with Gasteiger partial charge in [0.15, 0.2) is 5.67 Å². The number of nitrogens with zero attached hydrogens (tertiary/aromatic N) is 2. The monoisotopic (exact) mass is 532 g/mol. The van der Waals surface area contributed by atoms with Gasteiger partial charge in [-0.15, -0.1) is 11.3 Å². The number of rotatable bonds is 7. The van der Waals surface area contributed by atoms with Crippen LogP contribution in [0.3, 0.4) is 0 Å². The molecule has 200 valence electrons. The van der Waals surface area contributed by atoms with E-state index in [-0.39, 0.29) is 38.1 Å². The van der Waals surface area contributed by atoms with Crippen LogP contribution in [-0.4, -0.2) is 68.2 Å². The molecule has 3 atom stereocenters. The Hall–Kier alpha value is -3.05. The molecule has 4 rings (SSSR count). The lowest BCUT2D eigenvalue weighted by Gasteiger charge is -2.35. The number of thiazole rings is 1. The van der Waals surface area contributed by atoms with Crippen molar-refractivity contribution in [3.05, 3.63) is 35.0 Å². The molecular weight excluding hydrogens is 499 g/mol. The summed E-state index contributed by atoms with van der Waals surface area (Å²) in [6.45, 7) is 7.07. The van der Waals surface area contributed by atoms with Crippen molar-refractivity contribution in [2.75, 3.05) is 6.54 Å². The predicted molar refractivity (Wildman–Crippen MR) is 136 cm³/mol. The van der Waals surface area contributed by atoms with Gasteiger partial charge in [-0.3, -0.25) is 14.4 Å². The van der Waals surface area contributed by atoms with E-state index in [4.69, 9.17) is 0 Å². The number of aliphatic hydroxyl groups excluding tert-OH is 1. The lowest BCUT2D eigenvalue weighted by Crippen LogP contribution is -2.59. The number of β-amino-alcohol motifs (C(OH)–C–C–N with tert-alkyl or cyclic N) is 1. The van der Waals surface area contributed by atoms with Crippen molar-refractivity contribution in [3.8, 4) is 16.2 Å². The first kappa shape index (κ1) is 27.0. The van der Waals surface area contributed by atoms with Gasteiger partial charge in [-0.2, -0.15) is 0 Å². The molecule has 2 heterocycles. The summed E-state index contributed by atoms with van der Waals surface area (Å²) in [5.41, 5.74) is 1.21. The van der Waals surface area contributed by atoms with Gasteiger partial charge in [0.2, 0.25) is 11.8 Å². The summed E-state index contributed by atoms with van der Waals surface area (Å²) in [5, 5.41) is 26.1. The van der Waals surface area contributed by atoms with Gasteiger partial charge in [0, 0.05) is 25.1 Å². The van der Waals surface area contributed by atoms with Crippen molar-refractivity contribution in [2.24, 2.45) is 5.41 Å². The summed E-state index contributed by atoms with van der Waals surface area (Å²) >= 11 is 1.47. The van der Waals surface area contributed by atoms with Crippen molar-refractivity contribution in [1.29, 1.82) is 0 Å². The van der Waals surface area contributed by atoms with Crippen LogP contribution < -0.4 is 10.6 Å². The Kier molecular flexibility index (Phi) is 7.31. The highest BCUT2D eigenvalue weighted by molar-refractivity contribution is 7.13. The van der Waals surface area contributed by atoms with E-state index in [1.54, 1.807) is 38.4 Å². The molecule has 2 aromatic rings. The first-order valence-electron chi connectivity index (χ1n) is 12.3. The molecule has 1 unspecified atom stereocenters. The number of aryl methyl sites for hydroxylation is 1. The van der Waals surface area contributed by atoms with Crippen LogP contribution in [0.4, 0.5) is 4.39 Å². The number of alkyl halides is 1. The molecule has 4 N–H and O–H groups in total. The molecule has 1 aromatic carbocycles. The van der Waals surface area contributed by atoms with Crippen LogP contribution in [0.25, 0.3) is 10.4 Å². The maximum Gasteiger partial charge on any atom is 0.258 e. The lowest BCUT2D eigenvalue weighted by molar-refractivity contribution is -0.145. The number of halogens is 1. The summed E-state index contributed by atoms with van der Waals surface area (Å²) in [4.78, 5) is 45.4. The fourth-order valence-electron chi connectivity index (χ4n) is 4.45. The minimum atomic E-state index is -1.94. The number of benzene rings is 1. The minimum Gasteiger partial charge on any atom is -0.508 e. The van der Waals surface area contributed by atoms with E-state index in [2.05, 4.69) is 15.6 Å². The smallest absolute Gasteiger partial charge is 0.258 e. The fraction of sp³-hybridized carbons (Fsp3) is 0.538. The Bertz CT molecular complexity index is 1210. The Labute approximate surface area is 219 Å². The van der Waals surface area contributed by atoms with Gasteiger partial charge in [-0.1, -0.05) is 32.9 Å². The summed E-state index contributed by atoms with van der Waals surface area (Å²) < 4.78 is 14.3. The van der Waals surface area contributed by atoms with Gasteiger partial charge in [-0.05, 0) is 36.8 Å². The Morgan fingerprint density at radius 1 is 1.30 bits per heavy atom. The van der Waals surface area contributed by atoms with E-state index in [0.717, 1.165) is 16.1 Å². The summed E-state index contributed by atoms with van der Waals surface area (Å²) in [6, 6.07) is 3.13. The Balaban J connectivity index is 1.45. The molecule has 2 aliphatic rings. The van der Waals surface area contributed by atoms with Crippen LogP contribution >= 0.6 is 11.3 Å². The molecule has 0 bridgehead atoms. The normalized spacial score (nSPS) is 21.4. The zero-order valence-corrected chi connectivity index (χ0v) is 22.2. The minimum absolute atomic E-state index is 0.0146. The van der Waals surface area contributed by atoms with E-state index in [1.165, 1.54) is 16.2 Å². The van der Waals surface area contributed by atoms with Gasteiger partial charge in [0.25, 0.3) is 5.91 Å². The lowest BCUT2D eigenvalue weighted by atomic mass is 9.85. The third-order valence-electron chi connectivity index (χ3n) is 6.90. The zero-order chi connectivity index (χ0) is 27.1. The van der Waals surface area contributed by atoms with Crippen LogP contribution in [0.2, 0.25) is 0 Å². The first-order valence-corrected chi connectivity index (χ1v) is 13.2. The number of aliphatic hydroxyl groups is 1. The number of carbonyl (C=O) groups is 3. The van der Waals surface area contributed by atoms with Crippen LogP contribution in [0.5, 0.6) is 5.75 Å². The SMILES string of the molecule is Cc1ncsc1-c1ccc(CNC(=O)[C@@H]2C[C@@H](O)CN2C(=O)C(NC(=O)C2(F)CC2)C(C)(C)C)c(O)c1. The molecule has 9 nitrogen and oxygen atoms in total. The molecule has 37 heavy (non-hydrogen) atoms. The fourth-order valence-corrected chi connectivity index (χ4v) is 5.25. The van der Waals surface area contributed by atoms with E-state index in [0.29, 0.717) is 5.56 Å². The van der Waals surface area contributed by atoms with E-state index in [1.807, 2.05) is 13.0 Å². The molecule has 1 aliphatic carbocycles. The van der Waals surface area contributed by atoms with E-state index >= 15 is 0 Å². The van der Waals surface area contributed by atoms with Crippen molar-refractivity contribution in [3.63, 3.8) is 0 Å². The second kappa shape index (κ2) is 10.0. The highest BCUT2D eigenvalue weighted by Crippen LogP contribution is 2.40. The molecule has 1 aromatic heterocycles. The summed E-state index contributed by atoms with van der Waals surface area (Å²) in [5.74, 6) is -1.85. The Morgan fingerprint density at radius 2 is 2.00 bits per heavy atom. The van der Waals surface area contributed by atoms with Crippen molar-refractivity contribution >= 4 is 29.1 Å². The molecule has 3 amide bonds. The largest absolute Gasteiger partial charge is 0.508 e. The van der Waals surface area contributed by atoms with E-state index < -0.39 is 47.0 Å². The third-order valence-corrected chi connectivity index (χ3v) is 7.87. The van der Waals surface area contributed by atoms with Crippen molar-refractivity contribution in [2.45, 2.75) is 77.4 Å². The molecular formula is C26H33FN4O5S. The molecule has 1 saturated heterocycles. The average molecular weight is 533 g/mol. The van der Waals surface area contributed by atoms with Gasteiger partial charge < -0.3 is 25.7 Å². The second-order valence-corrected chi connectivity index (χ2v) is 11.8. The standard InChI is InChI=1S/C26H33FN4O5S/c1-14-20(37-13-29-14)15-5-6-16(19(33)9-15)11-28-22(34)18-10-17(32)12-31(18)23(35)21(25(2,3)4)30-24(36)26(27)7-8-26/h5-6,9,13,17-18,21,32-33H,7-8,10-12H2,1-4H3,(H,28,34)(H,30,36)/t17-,18+,21?/m1/s1. The highest BCUT2D eigenvalue weighted by atomic mass is 32.1. The molecule has 1 aliphatic heterocycles. The molecule has 0 spiro atoms. The number of phenols is 1. The maximum atomic E-state index is 14.3. The van der Waals surface area contributed by atoms with Crippen LogP contribution in [-0.2, 0) is 20.9 Å². The van der Waals surface area contributed by atoms with Crippen molar-refractivity contribution in [1.82, 2.24) is 20.5 Å². The van der Waals surface area contributed by atoms with Crippen LogP contribution in [0.15, 0.2) is 23.7 Å². The van der Waals surface area contributed by atoms with Gasteiger partial charge in [-0.25, -0.2) is 9.37 Å². The predicted octanol–water partition coefficient (Wildman–Crippen LogP) is 2.44. The van der Waals surface area contributed by atoms with Gasteiger partial charge >= 0.3 is 0 Å².